The lowest BCUT2D eigenvalue weighted by atomic mass is 10.1. The van der Waals surface area contributed by atoms with E-state index < -0.39 is 12.0 Å². The normalized spacial score (nSPS) is 16.7. The summed E-state index contributed by atoms with van der Waals surface area (Å²) in [4.78, 5) is 31.1. The molecule has 0 bridgehead atoms. The SMILES string of the molecule is C[C@H](Sc1nncn1C)c1cccc(NC(=O)c2cc(C(=O)N3CC[C@@H](O)C3)ccn2)c1. The number of carbonyl (C=O) groups excluding carboxylic acids is 2. The number of amides is 2. The van der Waals surface area contributed by atoms with Crippen molar-refractivity contribution < 1.29 is 14.7 Å². The van der Waals surface area contributed by atoms with Crippen LogP contribution in [-0.2, 0) is 7.05 Å². The molecule has 0 aliphatic carbocycles. The maximum atomic E-state index is 12.8. The van der Waals surface area contributed by atoms with Crippen molar-refractivity contribution in [2.24, 2.45) is 7.05 Å². The molecule has 1 aromatic carbocycles. The second kappa shape index (κ2) is 9.49. The Morgan fingerprint density at radius 1 is 1.28 bits per heavy atom. The minimum absolute atomic E-state index is 0.102. The summed E-state index contributed by atoms with van der Waals surface area (Å²) in [6.45, 7) is 2.87. The van der Waals surface area contributed by atoms with Gasteiger partial charge in [-0.15, -0.1) is 10.2 Å². The van der Waals surface area contributed by atoms with Crippen molar-refractivity contribution in [1.29, 1.82) is 0 Å². The molecule has 166 valence electrons. The summed E-state index contributed by atoms with van der Waals surface area (Å²) in [7, 11) is 1.89. The average Bonchev–Trinajstić information content (AvgIpc) is 3.41. The van der Waals surface area contributed by atoms with Crippen LogP contribution in [0.15, 0.2) is 54.1 Å². The fourth-order valence-electron chi connectivity index (χ4n) is 3.47. The molecule has 2 N–H and O–H groups in total. The monoisotopic (exact) mass is 452 g/mol. The summed E-state index contributed by atoms with van der Waals surface area (Å²) in [6.07, 6.45) is 3.17. The zero-order chi connectivity index (χ0) is 22.7. The molecule has 1 aliphatic rings. The Balaban J connectivity index is 1.44. The standard InChI is InChI=1S/C22H24N6O3S/c1-14(32-22-26-24-13-27(22)2)15-4-3-5-17(10-15)25-20(30)19-11-16(6-8-23-19)21(31)28-9-7-18(29)12-28/h3-6,8,10-11,13-14,18,29H,7,9,12H2,1-2H3,(H,25,30)/t14-,18+/m0/s1. The molecule has 2 atom stereocenters. The Morgan fingerprint density at radius 3 is 2.84 bits per heavy atom. The number of nitrogens with zero attached hydrogens (tertiary/aromatic N) is 5. The van der Waals surface area contributed by atoms with Crippen molar-refractivity contribution in [3.63, 3.8) is 0 Å². The van der Waals surface area contributed by atoms with Crippen LogP contribution in [0.2, 0.25) is 0 Å². The van der Waals surface area contributed by atoms with Crippen LogP contribution in [0.1, 0.15) is 45.0 Å². The number of likely N-dealkylation sites (tertiary alicyclic amines) is 1. The topological polar surface area (TPSA) is 113 Å². The van der Waals surface area contributed by atoms with Gasteiger partial charge in [-0.3, -0.25) is 14.6 Å². The van der Waals surface area contributed by atoms with Crippen molar-refractivity contribution in [3.8, 4) is 0 Å². The van der Waals surface area contributed by atoms with Gasteiger partial charge in [0.05, 0.1) is 6.10 Å². The predicted molar refractivity (Wildman–Crippen MR) is 120 cm³/mol. The Bertz CT molecular complexity index is 1130. The molecular formula is C22H24N6O3S. The van der Waals surface area contributed by atoms with E-state index >= 15 is 0 Å². The zero-order valence-electron chi connectivity index (χ0n) is 17.8. The summed E-state index contributed by atoms with van der Waals surface area (Å²) < 4.78 is 1.86. The second-order valence-electron chi connectivity index (χ2n) is 7.69. The van der Waals surface area contributed by atoms with Crippen LogP contribution < -0.4 is 5.32 Å². The quantitative estimate of drug-likeness (QED) is 0.553. The Labute approximate surface area is 189 Å². The number of anilines is 1. The van der Waals surface area contributed by atoms with E-state index in [1.807, 2.05) is 35.9 Å². The second-order valence-corrected chi connectivity index (χ2v) is 9.00. The predicted octanol–water partition coefficient (Wildman–Crippen LogP) is 2.52. The minimum atomic E-state index is -0.495. The molecule has 4 rings (SSSR count). The van der Waals surface area contributed by atoms with Crippen LogP contribution >= 0.6 is 11.8 Å². The highest BCUT2D eigenvalue weighted by Gasteiger charge is 2.26. The highest BCUT2D eigenvalue weighted by molar-refractivity contribution is 7.99. The molecule has 0 spiro atoms. The van der Waals surface area contributed by atoms with E-state index in [0.29, 0.717) is 30.8 Å². The van der Waals surface area contributed by atoms with Gasteiger partial charge < -0.3 is 19.9 Å². The van der Waals surface area contributed by atoms with Crippen LogP contribution in [0.4, 0.5) is 5.69 Å². The van der Waals surface area contributed by atoms with Gasteiger partial charge in [-0.05, 0) is 43.2 Å². The molecular weight excluding hydrogens is 428 g/mol. The fourth-order valence-corrected chi connectivity index (χ4v) is 4.37. The van der Waals surface area contributed by atoms with Crippen LogP contribution in [0.5, 0.6) is 0 Å². The van der Waals surface area contributed by atoms with Crippen molar-refractivity contribution in [1.82, 2.24) is 24.6 Å². The van der Waals surface area contributed by atoms with E-state index in [-0.39, 0.29) is 16.9 Å². The first kappa shape index (κ1) is 22.0. The molecule has 0 unspecified atom stereocenters. The Kier molecular flexibility index (Phi) is 6.52. The Morgan fingerprint density at radius 2 is 2.12 bits per heavy atom. The molecule has 3 aromatic rings. The first-order chi connectivity index (χ1) is 15.4. The van der Waals surface area contributed by atoms with Crippen LogP contribution in [0.3, 0.4) is 0 Å². The maximum Gasteiger partial charge on any atom is 0.274 e. The lowest BCUT2D eigenvalue weighted by Crippen LogP contribution is -2.29. The number of thioether (sulfide) groups is 1. The van der Waals surface area contributed by atoms with E-state index in [1.54, 1.807) is 29.1 Å². The number of rotatable bonds is 6. The molecule has 2 amide bonds. The third-order valence-corrected chi connectivity index (χ3v) is 6.46. The van der Waals surface area contributed by atoms with Gasteiger partial charge in [-0.25, -0.2) is 0 Å². The number of pyridine rings is 1. The fraction of sp³-hybridized carbons (Fsp3) is 0.318. The molecule has 3 heterocycles. The van der Waals surface area contributed by atoms with Gasteiger partial charge in [-0.2, -0.15) is 0 Å². The molecule has 9 nitrogen and oxygen atoms in total. The van der Waals surface area contributed by atoms with Gasteiger partial charge in [0, 0.05) is 42.8 Å². The van der Waals surface area contributed by atoms with Gasteiger partial charge in [0.1, 0.15) is 12.0 Å². The van der Waals surface area contributed by atoms with E-state index in [9.17, 15) is 14.7 Å². The molecule has 1 fully saturated rings. The third-order valence-electron chi connectivity index (χ3n) is 5.26. The number of aliphatic hydroxyl groups is 1. The number of aliphatic hydroxyl groups excluding tert-OH is 1. The molecule has 2 aromatic heterocycles. The Hall–Kier alpha value is -3.24. The van der Waals surface area contributed by atoms with Crippen molar-refractivity contribution in [3.05, 3.63) is 65.7 Å². The number of β-amino-alcohol motifs (C(OH)–C–C–N with tert-alkyl or cyclic N) is 1. The van der Waals surface area contributed by atoms with Gasteiger partial charge in [0.25, 0.3) is 11.8 Å². The number of hydrogen-bond donors (Lipinski definition) is 2. The van der Waals surface area contributed by atoms with E-state index in [0.717, 1.165) is 10.7 Å². The number of hydrogen-bond acceptors (Lipinski definition) is 7. The van der Waals surface area contributed by atoms with Crippen LogP contribution in [0.25, 0.3) is 0 Å². The third kappa shape index (κ3) is 4.97. The number of carbonyl (C=O) groups is 2. The maximum absolute atomic E-state index is 12.8. The number of aromatic nitrogens is 4. The summed E-state index contributed by atoms with van der Waals surface area (Å²) in [5.74, 6) is -0.610. The van der Waals surface area contributed by atoms with Crippen LogP contribution in [0, 0.1) is 0 Å². The minimum Gasteiger partial charge on any atom is -0.391 e. The lowest BCUT2D eigenvalue weighted by Gasteiger charge is -2.16. The molecule has 1 aliphatic heterocycles. The van der Waals surface area contributed by atoms with E-state index in [2.05, 4.69) is 27.4 Å². The van der Waals surface area contributed by atoms with E-state index in [1.165, 1.54) is 12.3 Å². The van der Waals surface area contributed by atoms with Crippen molar-refractivity contribution in [2.45, 2.75) is 29.9 Å². The molecule has 10 heteroatoms. The van der Waals surface area contributed by atoms with Gasteiger partial charge in [0.15, 0.2) is 5.16 Å². The highest BCUT2D eigenvalue weighted by atomic mass is 32.2. The first-order valence-electron chi connectivity index (χ1n) is 10.3. The summed E-state index contributed by atoms with van der Waals surface area (Å²) in [5, 5.41) is 21.4. The molecule has 32 heavy (non-hydrogen) atoms. The van der Waals surface area contributed by atoms with Crippen LogP contribution in [-0.4, -0.2) is 60.8 Å². The molecule has 0 radical (unpaired) electrons. The first-order valence-corrected chi connectivity index (χ1v) is 11.1. The number of aryl methyl sites for hydroxylation is 1. The smallest absolute Gasteiger partial charge is 0.274 e. The lowest BCUT2D eigenvalue weighted by molar-refractivity contribution is 0.0765. The van der Waals surface area contributed by atoms with E-state index in [4.69, 9.17) is 0 Å². The van der Waals surface area contributed by atoms with Gasteiger partial charge >= 0.3 is 0 Å². The molecule has 1 saturated heterocycles. The zero-order valence-corrected chi connectivity index (χ0v) is 18.6. The highest BCUT2D eigenvalue weighted by Crippen LogP contribution is 2.34. The van der Waals surface area contributed by atoms with Crippen molar-refractivity contribution >= 4 is 29.3 Å². The average molecular weight is 453 g/mol. The largest absolute Gasteiger partial charge is 0.391 e. The van der Waals surface area contributed by atoms with Gasteiger partial charge in [0.2, 0.25) is 0 Å². The summed E-state index contributed by atoms with van der Waals surface area (Å²) >= 11 is 1.58. The summed E-state index contributed by atoms with van der Waals surface area (Å²) in [5.41, 5.74) is 2.20. The number of nitrogens with one attached hydrogen (secondary N) is 1. The van der Waals surface area contributed by atoms with Gasteiger partial charge in [-0.1, -0.05) is 23.9 Å². The molecule has 0 saturated carbocycles. The van der Waals surface area contributed by atoms with Crippen molar-refractivity contribution in [2.75, 3.05) is 18.4 Å². The number of benzene rings is 1. The summed E-state index contributed by atoms with van der Waals surface area (Å²) in [6, 6.07) is 10.7.